The Kier molecular flexibility index (Phi) is 3.19. The van der Waals surface area contributed by atoms with E-state index in [0.717, 1.165) is 13.1 Å². The topological polar surface area (TPSA) is 24.1 Å². The van der Waals surface area contributed by atoms with Crippen molar-refractivity contribution in [3.05, 3.63) is 53.6 Å². The van der Waals surface area contributed by atoms with Crippen LogP contribution in [0.5, 0.6) is 0 Å². The number of rotatable bonds is 1. The van der Waals surface area contributed by atoms with E-state index in [2.05, 4.69) is 60.0 Å². The summed E-state index contributed by atoms with van der Waals surface area (Å²) in [6.45, 7) is 4.43. The van der Waals surface area contributed by atoms with Crippen LogP contribution in [0.2, 0.25) is 0 Å². The molecule has 1 saturated heterocycles. The quantitative estimate of drug-likeness (QED) is 0.826. The van der Waals surface area contributed by atoms with Gasteiger partial charge in [-0.3, -0.25) is 0 Å². The van der Waals surface area contributed by atoms with Crippen LogP contribution in [-0.2, 0) is 0 Å². The van der Waals surface area contributed by atoms with Crippen LogP contribution < -0.4 is 10.6 Å². The van der Waals surface area contributed by atoms with E-state index in [1.165, 1.54) is 40.8 Å². The Morgan fingerprint density at radius 1 is 1.00 bits per heavy atom. The van der Waals surface area contributed by atoms with Crippen LogP contribution in [0.3, 0.4) is 0 Å². The lowest BCUT2D eigenvalue weighted by atomic mass is 9.86. The van der Waals surface area contributed by atoms with Gasteiger partial charge in [0.1, 0.15) is 0 Å². The third-order valence-corrected chi connectivity index (χ3v) is 4.90. The number of hydrogen-bond donors (Lipinski definition) is 2. The van der Waals surface area contributed by atoms with Crippen molar-refractivity contribution in [1.29, 1.82) is 0 Å². The van der Waals surface area contributed by atoms with Crippen molar-refractivity contribution in [3.8, 4) is 11.1 Å². The van der Waals surface area contributed by atoms with Crippen LogP contribution in [0.25, 0.3) is 11.1 Å². The van der Waals surface area contributed by atoms with Gasteiger partial charge in [0.25, 0.3) is 0 Å². The predicted octanol–water partition coefficient (Wildman–Crippen LogP) is 3.92. The Hall–Kier alpha value is -1.80. The fraction of sp³-hybridized carbons (Fsp3) is 0.368. The molecule has 0 radical (unpaired) electrons. The highest BCUT2D eigenvalue weighted by Gasteiger charge is 2.34. The van der Waals surface area contributed by atoms with Crippen LogP contribution >= 0.6 is 0 Å². The van der Waals surface area contributed by atoms with Crippen molar-refractivity contribution in [2.45, 2.75) is 31.7 Å². The minimum absolute atomic E-state index is 0.598. The molecule has 4 rings (SSSR count). The maximum absolute atomic E-state index is 3.76. The minimum Gasteiger partial charge on any atom is -0.381 e. The molecule has 1 fully saturated rings. The highest BCUT2D eigenvalue weighted by atomic mass is 15.0. The number of benzene rings is 2. The Labute approximate surface area is 126 Å². The lowest BCUT2D eigenvalue weighted by Crippen LogP contribution is -2.21. The average Bonchev–Trinajstić information content (AvgIpc) is 2.69. The molecule has 21 heavy (non-hydrogen) atoms. The van der Waals surface area contributed by atoms with Gasteiger partial charge in [-0.05, 0) is 55.6 Å². The lowest BCUT2D eigenvalue weighted by Gasteiger charge is -2.18. The Balaban J connectivity index is 1.83. The van der Waals surface area contributed by atoms with E-state index < -0.39 is 0 Å². The summed E-state index contributed by atoms with van der Waals surface area (Å²) in [6, 6.07) is 16.2. The van der Waals surface area contributed by atoms with E-state index in [4.69, 9.17) is 0 Å². The summed E-state index contributed by atoms with van der Waals surface area (Å²) < 4.78 is 0. The molecule has 0 aliphatic carbocycles. The van der Waals surface area contributed by atoms with Crippen LogP contribution in [0.15, 0.2) is 42.5 Å². The second-order valence-electron chi connectivity index (χ2n) is 6.32. The first-order valence-electron chi connectivity index (χ1n) is 8.00. The molecule has 2 aromatic carbocycles. The number of anilines is 1. The smallest absolute Gasteiger partial charge is 0.0384 e. The van der Waals surface area contributed by atoms with Crippen molar-refractivity contribution < 1.29 is 0 Å². The Morgan fingerprint density at radius 3 is 2.76 bits per heavy atom. The summed E-state index contributed by atoms with van der Waals surface area (Å²) in [7, 11) is 0. The predicted molar refractivity (Wildman–Crippen MR) is 88.9 cm³/mol. The van der Waals surface area contributed by atoms with Gasteiger partial charge in [-0.15, -0.1) is 0 Å². The summed E-state index contributed by atoms with van der Waals surface area (Å²) in [6.07, 6.45) is 2.44. The first-order valence-corrected chi connectivity index (χ1v) is 8.00. The standard InChI is InChI=1S/C19H22N2/c1-13-4-2-5-14(12-13)15-6-3-7-18-19(15)16-8-10-20-11-9-17(16)21-18/h2-7,12,16-17,20-21H,8-11H2,1H3/t16-,17-/m0/s1. The van der Waals surface area contributed by atoms with Crippen molar-refractivity contribution in [1.82, 2.24) is 5.32 Å². The minimum atomic E-state index is 0.598. The highest BCUT2D eigenvalue weighted by Crippen LogP contribution is 2.45. The zero-order chi connectivity index (χ0) is 14.2. The highest BCUT2D eigenvalue weighted by molar-refractivity contribution is 5.78. The molecule has 2 heterocycles. The molecule has 0 aromatic heterocycles. The van der Waals surface area contributed by atoms with Gasteiger partial charge in [0, 0.05) is 17.6 Å². The summed E-state index contributed by atoms with van der Waals surface area (Å²) in [5, 5.41) is 7.30. The van der Waals surface area contributed by atoms with Gasteiger partial charge in [-0.25, -0.2) is 0 Å². The third kappa shape index (κ3) is 2.24. The van der Waals surface area contributed by atoms with Gasteiger partial charge in [0.2, 0.25) is 0 Å². The zero-order valence-corrected chi connectivity index (χ0v) is 12.5. The maximum atomic E-state index is 3.76. The molecule has 2 aliphatic rings. The van der Waals surface area contributed by atoms with Crippen molar-refractivity contribution in [3.63, 3.8) is 0 Å². The molecular formula is C19H22N2. The van der Waals surface area contributed by atoms with E-state index in [0.29, 0.717) is 12.0 Å². The number of nitrogens with one attached hydrogen (secondary N) is 2. The van der Waals surface area contributed by atoms with Crippen LogP contribution in [0.1, 0.15) is 29.9 Å². The molecule has 0 amide bonds. The fourth-order valence-electron chi connectivity index (χ4n) is 3.92. The van der Waals surface area contributed by atoms with E-state index in [1.807, 2.05) is 0 Å². The molecule has 2 N–H and O–H groups in total. The zero-order valence-electron chi connectivity index (χ0n) is 12.5. The molecule has 2 aromatic rings. The maximum Gasteiger partial charge on any atom is 0.0384 e. The van der Waals surface area contributed by atoms with Gasteiger partial charge in [0.15, 0.2) is 0 Å². The molecule has 108 valence electrons. The van der Waals surface area contributed by atoms with Gasteiger partial charge >= 0.3 is 0 Å². The Bertz CT molecular complexity index is 662. The molecule has 0 bridgehead atoms. The summed E-state index contributed by atoms with van der Waals surface area (Å²) in [5.41, 5.74) is 6.99. The molecule has 0 spiro atoms. The number of fused-ring (bicyclic) bond motifs is 3. The van der Waals surface area contributed by atoms with Crippen molar-refractivity contribution >= 4 is 5.69 Å². The van der Waals surface area contributed by atoms with Gasteiger partial charge < -0.3 is 10.6 Å². The normalized spacial score (nSPS) is 23.9. The second kappa shape index (κ2) is 5.19. The number of hydrogen-bond acceptors (Lipinski definition) is 2. The van der Waals surface area contributed by atoms with E-state index in [9.17, 15) is 0 Å². The van der Waals surface area contributed by atoms with E-state index >= 15 is 0 Å². The molecule has 2 heteroatoms. The average molecular weight is 278 g/mol. The number of aryl methyl sites for hydroxylation is 1. The van der Waals surface area contributed by atoms with Gasteiger partial charge in [0.05, 0.1) is 0 Å². The molecule has 0 saturated carbocycles. The molecule has 2 nitrogen and oxygen atoms in total. The fourth-order valence-corrected chi connectivity index (χ4v) is 3.92. The largest absolute Gasteiger partial charge is 0.381 e. The van der Waals surface area contributed by atoms with E-state index in [-0.39, 0.29) is 0 Å². The lowest BCUT2D eigenvalue weighted by molar-refractivity contribution is 0.579. The van der Waals surface area contributed by atoms with Crippen molar-refractivity contribution in [2.75, 3.05) is 18.4 Å². The third-order valence-electron chi connectivity index (χ3n) is 4.90. The Morgan fingerprint density at radius 2 is 1.86 bits per heavy atom. The molecule has 2 atom stereocenters. The first kappa shape index (κ1) is 12.9. The summed E-state index contributed by atoms with van der Waals surface area (Å²) >= 11 is 0. The second-order valence-corrected chi connectivity index (χ2v) is 6.32. The van der Waals surface area contributed by atoms with Crippen LogP contribution in [0, 0.1) is 6.92 Å². The molecule has 2 aliphatic heterocycles. The summed E-state index contributed by atoms with van der Waals surface area (Å²) in [4.78, 5) is 0. The van der Waals surface area contributed by atoms with Crippen LogP contribution in [0.4, 0.5) is 5.69 Å². The van der Waals surface area contributed by atoms with Gasteiger partial charge in [-0.1, -0.05) is 42.0 Å². The summed E-state index contributed by atoms with van der Waals surface area (Å²) in [5.74, 6) is 0.645. The van der Waals surface area contributed by atoms with Gasteiger partial charge in [-0.2, -0.15) is 0 Å². The first-order chi connectivity index (χ1) is 10.3. The van der Waals surface area contributed by atoms with Crippen molar-refractivity contribution in [2.24, 2.45) is 0 Å². The van der Waals surface area contributed by atoms with E-state index in [1.54, 1.807) is 0 Å². The SMILES string of the molecule is Cc1cccc(-c2cccc3c2[C@H]2CCNCC[C@@H]2N3)c1. The van der Waals surface area contributed by atoms with Crippen LogP contribution in [-0.4, -0.2) is 19.1 Å². The monoisotopic (exact) mass is 278 g/mol. The molecule has 0 unspecified atom stereocenters. The molecular weight excluding hydrogens is 256 g/mol.